The highest BCUT2D eigenvalue weighted by Gasteiger charge is 2.19. The number of aromatic nitrogens is 1. The summed E-state index contributed by atoms with van der Waals surface area (Å²) in [5.74, 6) is 0. The van der Waals surface area contributed by atoms with Gasteiger partial charge in [0.2, 0.25) is 0 Å². The first-order chi connectivity index (χ1) is 8.88. The Balaban J connectivity index is 1.89. The second kappa shape index (κ2) is 4.50. The van der Waals surface area contributed by atoms with E-state index in [1.165, 1.54) is 11.3 Å². The molecule has 0 atom stereocenters. The third kappa shape index (κ3) is 1.82. The summed E-state index contributed by atoms with van der Waals surface area (Å²) in [7, 11) is 0. The van der Waals surface area contributed by atoms with Crippen LogP contribution in [-0.4, -0.2) is 11.5 Å². The van der Waals surface area contributed by atoms with E-state index < -0.39 is 0 Å². The van der Waals surface area contributed by atoms with Crippen LogP contribution in [0.25, 0.3) is 0 Å². The van der Waals surface area contributed by atoms with Crippen LogP contribution in [0.2, 0.25) is 0 Å². The van der Waals surface area contributed by atoms with Crippen LogP contribution < -0.4 is 4.90 Å². The first-order valence-corrected chi connectivity index (χ1v) is 6.05. The molecule has 0 spiro atoms. The molecule has 2 heterocycles. The minimum atomic E-state index is 0.530. The van der Waals surface area contributed by atoms with Crippen molar-refractivity contribution >= 4 is 5.69 Å². The number of anilines is 1. The maximum absolute atomic E-state index is 9.06. The van der Waals surface area contributed by atoms with Gasteiger partial charge in [-0.2, -0.15) is 5.26 Å². The van der Waals surface area contributed by atoms with Crippen molar-refractivity contribution in [3.05, 3.63) is 59.4 Å². The number of fused-ring (bicyclic) bond motifs is 1. The van der Waals surface area contributed by atoms with Gasteiger partial charge in [0, 0.05) is 30.5 Å². The quantitative estimate of drug-likeness (QED) is 0.803. The summed E-state index contributed by atoms with van der Waals surface area (Å²) in [6.45, 7) is 1.77. The third-order valence-corrected chi connectivity index (χ3v) is 3.34. The van der Waals surface area contributed by atoms with Crippen LogP contribution in [0.3, 0.4) is 0 Å². The molecule has 3 rings (SSSR count). The number of hydrogen-bond donors (Lipinski definition) is 0. The summed E-state index contributed by atoms with van der Waals surface area (Å²) in [4.78, 5) is 6.42. The molecule has 0 saturated carbocycles. The predicted octanol–water partition coefficient (Wildman–Crippen LogP) is 2.52. The Kier molecular flexibility index (Phi) is 2.70. The van der Waals surface area contributed by atoms with Crippen LogP contribution in [-0.2, 0) is 13.0 Å². The average molecular weight is 235 g/mol. The molecule has 0 aliphatic carbocycles. The van der Waals surface area contributed by atoms with E-state index in [1.54, 1.807) is 6.20 Å². The highest BCUT2D eigenvalue weighted by Crippen LogP contribution is 2.28. The normalized spacial score (nSPS) is 13.2. The van der Waals surface area contributed by atoms with Gasteiger partial charge in [-0.15, -0.1) is 0 Å². The Hall–Kier alpha value is -2.34. The van der Waals surface area contributed by atoms with Gasteiger partial charge in [-0.1, -0.05) is 24.3 Å². The molecule has 0 radical (unpaired) electrons. The number of benzene rings is 1. The first kappa shape index (κ1) is 10.8. The SMILES string of the molecule is N#Cc1ncccc1CN1CCc2ccccc21. The highest BCUT2D eigenvalue weighted by molar-refractivity contribution is 5.58. The van der Waals surface area contributed by atoms with Gasteiger partial charge >= 0.3 is 0 Å². The van der Waals surface area contributed by atoms with E-state index in [0.29, 0.717) is 5.69 Å². The van der Waals surface area contributed by atoms with Gasteiger partial charge in [0.1, 0.15) is 11.8 Å². The molecule has 3 nitrogen and oxygen atoms in total. The van der Waals surface area contributed by atoms with Crippen molar-refractivity contribution in [2.75, 3.05) is 11.4 Å². The summed E-state index contributed by atoms with van der Waals surface area (Å²) >= 11 is 0. The Morgan fingerprint density at radius 1 is 1.22 bits per heavy atom. The van der Waals surface area contributed by atoms with Gasteiger partial charge in [-0.25, -0.2) is 4.98 Å². The molecule has 0 amide bonds. The maximum Gasteiger partial charge on any atom is 0.145 e. The number of para-hydroxylation sites is 1. The van der Waals surface area contributed by atoms with Crippen molar-refractivity contribution in [2.24, 2.45) is 0 Å². The van der Waals surface area contributed by atoms with Gasteiger partial charge in [-0.3, -0.25) is 0 Å². The molecule has 1 aliphatic heterocycles. The van der Waals surface area contributed by atoms with Crippen molar-refractivity contribution < 1.29 is 0 Å². The number of hydrogen-bond acceptors (Lipinski definition) is 3. The standard InChI is InChI=1S/C15H13N3/c16-10-14-13(5-3-8-17-14)11-18-9-7-12-4-1-2-6-15(12)18/h1-6,8H,7,9,11H2. The molecule has 3 heteroatoms. The smallest absolute Gasteiger partial charge is 0.145 e. The molecular formula is C15H13N3. The third-order valence-electron chi connectivity index (χ3n) is 3.34. The summed E-state index contributed by atoms with van der Waals surface area (Å²) in [5, 5.41) is 9.06. The molecule has 18 heavy (non-hydrogen) atoms. The molecule has 0 unspecified atom stereocenters. The number of rotatable bonds is 2. The van der Waals surface area contributed by atoms with Crippen LogP contribution in [0.5, 0.6) is 0 Å². The topological polar surface area (TPSA) is 39.9 Å². The lowest BCUT2D eigenvalue weighted by Crippen LogP contribution is -2.20. The zero-order valence-corrected chi connectivity index (χ0v) is 10.0. The second-order valence-corrected chi connectivity index (χ2v) is 4.42. The predicted molar refractivity (Wildman–Crippen MR) is 70.1 cm³/mol. The Labute approximate surface area is 106 Å². The highest BCUT2D eigenvalue weighted by atomic mass is 15.1. The van der Waals surface area contributed by atoms with Crippen LogP contribution >= 0.6 is 0 Å². The molecule has 88 valence electrons. The molecule has 0 bridgehead atoms. The van der Waals surface area contributed by atoms with Crippen molar-refractivity contribution in [2.45, 2.75) is 13.0 Å². The van der Waals surface area contributed by atoms with Crippen LogP contribution in [0.4, 0.5) is 5.69 Å². The van der Waals surface area contributed by atoms with Crippen molar-refractivity contribution in [1.82, 2.24) is 4.98 Å². The molecule has 0 saturated heterocycles. The zero-order chi connectivity index (χ0) is 12.4. The molecule has 0 N–H and O–H groups in total. The Morgan fingerprint density at radius 3 is 3.00 bits per heavy atom. The van der Waals surface area contributed by atoms with E-state index in [1.807, 2.05) is 12.1 Å². The van der Waals surface area contributed by atoms with E-state index in [9.17, 15) is 0 Å². The first-order valence-electron chi connectivity index (χ1n) is 6.05. The van der Waals surface area contributed by atoms with Gasteiger partial charge < -0.3 is 4.90 Å². The Bertz CT molecular complexity index is 613. The van der Waals surface area contributed by atoms with Crippen LogP contribution in [0, 0.1) is 11.3 Å². The molecular weight excluding hydrogens is 222 g/mol. The van der Waals surface area contributed by atoms with Crippen LogP contribution in [0.15, 0.2) is 42.6 Å². The lowest BCUT2D eigenvalue weighted by Gasteiger charge is -2.19. The fourth-order valence-corrected chi connectivity index (χ4v) is 2.44. The van der Waals surface area contributed by atoms with Gasteiger partial charge in [0.15, 0.2) is 0 Å². The van der Waals surface area contributed by atoms with E-state index >= 15 is 0 Å². The van der Waals surface area contributed by atoms with Crippen molar-refractivity contribution in [3.63, 3.8) is 0 Å². The molecule has 1 aromatic heterocycles. The van der Waals surface area contributed by atoms with E-state index in [0.717, 1.165) is 25.1 Å². The fraction of sp³-hybridized carbons (Fsp3) is 0.200. The monoisotopic (exact) mass is 235 g/mol. The molecule has 1 aromatic carbocycles. The number of pyridine rings is 1. The summed E-state index contributed by atoms with van der Waals surface area (Å²) < 4.78 is 0. The van der Waals surface area contributed by atoms with Crippen molar-refractivity contribution in [1.29, 1.82) is 5.26 Å². The van der Waals surface area contributed by atoms with E-state index in [-0.39, 0.29) is 0 Å². The maximum atomic E-state index is 9.06. The lowest BCUT2D eigenvalue weighted by molar-refractivity contribution is 0.829. The van der Waals surface area contributed by atoms with E-state index in [2.05, 4.69) is 40.2 Å². The lowest BCUT2D eigenvalue weighted by atomic mass is 10.1. The molecule has 1 aliphatic rings. The molecule has 2 aromatic rings. The zero-order valence-electron chi connectivity index (χ0n) is 10.0. The minimum Gasteiger partial charge on any atom is -0.367 e. The summed E-state index contributed by atoms with van der Waals surface area (Å²) in [6, 6.07) is 14.5. The van der Waals surface area contributed by atoms with Crippen molar-refractivity contribution in [3.8, 4) is 6.07 Å². The van der Waals surface area contributed by atoms with Gasteiger partial charge in [0.05, 0.1) is 0 Å². The van der Waals surface area contributed by atoms with Gasteiger partial charge in [0.25, 0.3) is 0 Å². The average Bonchev–Trinajstić information content (AvgIpc) is 2.83. The van der Waals surface area contributed by atoms with Gasteiger partial charge in [-0.05, 0) is 24.1 Å². The van der Waals surface area contributed by atoms with E-state index in [4.69, 9.17) is 5.26 Å². The summed E-state index contributed by atoms with van der Waals surface area (Å²) in [6.07, 6.45) is 2.75. The number of nitriles is 1. The molecule has 0 fully saturated rings. The summed E-state index contributed by atoms with van der Waals surface area (Å²) in [5.41, 5.74) is 4.20. The largest absolute Gasteiger partial charge is 0.367 e. The fourth-order valence-electron chi connectivity index (χ4n) is 2.44. The Morgan fingerprint density at radius 2 is 2.11 bits per heavy atom. The van der Waals surface area contributed by atoms with Crippen LogP contribution in [0.1, 0.15) is 16.8 Å². The second-order valence-electron chi connectivity index (χ2n) is 4.42. The number of nitrogens with zero attached hydrogens (tertiary/aromatic N) is 3. The minimum absolute atomic E-state index is 0.530.